The fourth-order valence-electron chi connectivity index (χ4n) is 3.25. The fraction of sp³-hybridized carbons (Fsp3) is 0.318. The number of fused-ring (bicyclic) bond motifs is 1. The SMILES string of the molecule is CCOC(=O)c1c(NC(=S)NC(=O)/C=C/c2ccc(OC)cc2)sc2c1CCCC2. The van der Waals surface area contributed by atoms with Crippen LogP contribution in [0.4, 0.5) is 5.00 Å². The van der Waals surface area contributed by atoms with Crippen LogP contribution < -0.4 is 15.4 Å². The first kappa shape index (κ1) is 22.0. The Morgan fingerprint density at radius 1 is 1.20 bits per heavy atom. The van der Waals surface area contributed by atoms with Gasteiger partial charge in [0.15, 0.2) is 5.11 Å². The van der Waals surface area contributed by atoms with Crippen molar-refractivity contribution < 1.29 is 19.1 Å². The standard InChI is InChI=1S/C22H24N2O4S2/c1-3-28-21(26)19-16-6-4-5-7-17(16)30-20(19)24-22(29)23-18(25)13-10-14-8-11-15(27-2)12-9-14/h8-13H,3-7H2,1-2H3,(H2,23,24,25,29)/b13-10+. The van der Waals surface area contributed by atoms with Gasteiger partial charge in [-0.25, -0.2) is 4.79 Å². The molecule has 0 fully saturated rings. The van der Waals surface area contributed by atoms with Gasteiger partial charge in [-0.3, -0.25) is 10.1 Å². The number of esters is 1. The third-order valence-corrected chi connectivity index (χ3v) is 6.07. The summed E-state index contributed by atoms with van der Waals surface area (Å²) in [6.07, 6.45) is 7.04. The van der Waals surface area contributed by atoms with Crippen LogP contribution in [0.1, 0.15) is 46.1 Å². The largest absolute Gasteiger partial charge is 0.497 e. The summed E-state index contributed by atoms with van der Waals surface area (Å²) in [7, 11) is 1.60. The van der Waals surface area contributed by atoms with Crippen molar-refractivity contribution in [1.82, 2.24) is 5.32 Å². The molecule has 1 amide bonds. The molecule has 0 unspecified atom stereocenters. The molecule has 0 spiro atoms. The summed E-state index contributed by atoms with van der Waals surface area (Å²) in [5.74, 6) is 0.0354. The summed E-state index contributed by atoms with van der Waals surface area (Å²) < 4.78 is 10.4. The molecule has 2 N–H and O–H groups in total. The number of aryl methyl sites for hydroxylation is 1. The minimum atomic E-state index is -0.359. The summed E-state index contributed by atoms with van der Waals surface area (Å²) in [4.78, 5) is 25.9. The maximum absolute atomic E-state index is 12.5. The molecule has 0 saturated heterocycles. The minimum Gasteiger partial charge on any atom is -0.497 e. The number of thiocarbonyl (C=S) groups is 1. The van der Waals surface area contributed by atoms with Gasteiger partial charge in [-0.2, -0.15) is 0 Å². The highest BCUT2D eigenvalue weighted by Gasteiger charge is 2.26. The Labute approximate surface area is 185 Å². The van der Waals surface area contributed by atoms with Gasteiger partial charge in [-0.15, -0.1) is 11.3 Å². The van der Waals surface area contributed by atoms with Gasteiger partial charge in [0, 0.05) is 11.0 Å². The second kappa shape index (κ2) is 10.4. The number of anilines is 1. The number of hydrogen-bond donors (Lipinski definition) is 2. The first-order valence-electron chi connectivity index (χ1n) is 9.77. The second-order valence-electron chi connectivity index (χ2n) is 6.69. The highest BCUT2D eigenvalue weighted by atomic mass is 32.1. The summed E-state index contributed by atoms with van der Waals surface area (Å²) >= 11 is 6.79. The lowest BCUT2D eigenvalue weighted by Crippen LogP contribution is -2.33. The maximum Gasteiger partial charge on any atom is 0.341 e. The molecule has 0 atom stereocenters. The molecule has 6 nitrogen and oxygen atoms in total. The van der Waals surface area contributed by atoms with E-state index in [1.807, 2.05) is 24.3 Å². The van der Waals surface area contributed by atoms with E-state index < -0.39 is 0 Å². The zero-order valence-electron chi connectivity index (χ0n) is 16.9. The number of methoxy groups -OCH3 is 1. The summed E-state index contributed by atoms with van der Waals surface area (Å²) in [5.41, 5.74) is 2.45. The highest BCUT2D eigenvalue weighted by molar-refractivity contribution is 7.80. The lowest BCUT2D eigenvalue weighted by Gasteiger charge is -2.12. The Morgan fingerprint density at radius 2 is 1.93 bits per heavy atom. The van der Waals surface area contributed by atoms with E-state index in [0.29, 0.717) is 17.2 Å². The Balaban J connectivity index is 1.66. The Bertz CT molecular complexity index is 964. The predicted octanol–water partition coefficient (Wildman–Crippen LogP) is 4.34. The van der Waals surface area contributed by atoms with Gasteiger partial charge in [0.1, 0.15) is 10.8 Å². The molecule has 0 aliphatic heterocycles. The van der Waals surface area contributed by atoms with Crippen LogP contribution in [-0.2, 0) is 22.4 Å². The Morgan fingerprint density at radius 3 is 2.63 bits per heavy atom. The van der Waals surface area contributed by atoms with Crippen molar-refractivity contribution in [3.8, 4) is 5.75 Å². The van der Waals surface area contributed by atoms with E-state index in [2.05, 4.69) is 10.6 Å². The molecule has 8 heteroatoms. The average molecular weight is 445 g/mol. The van der Waals surface area contributed by atoms with Crippen molar-refractivity contribution in [1.29, 1.82) is 0 Å². The lowest BCUT2D eigenvalue weighted by molar-refractivity contribution is -0.115. The third-order valence-electron chi connectivity index (χ3n) is 4.66. The van der Waals surface area contributed by atoms with Crippen LogP contribution in [0.25, 0.3) is 6.08 Å². The number of ether oxygens (including phenoxy) is 2. The topological polar surface area (TPSA) is 76.7 Å². The number of nitrogens with one attached hydrogen (secondary N) is 2. The van der Waals surface area contributed by atoms with Crippen molar-refractivity contribution in [2.75, 3.05) is 19.0 Å². The molecule has 3 rings (SSSR count). The van der Waals surface area contributed by atoms with Crippen LogP contribution in [0.3, 0.4) is 0 Å². The Hall–Kier alpha value is -2.71. The molecule has 1 aliphatic rings. The normalized spacial score (nSPS) is 12.9. The maximum atomic E-state index is 12.5. The fourth-order valence-corrected chi connectivity index (χ4v) is 4.80. The number of carbonyl (C=O) groups excluding carboxylic acids is 2. The zero-order valence-corrected chi connectivity index (χ0v) is 18.6. The van der Waals surface area contributed by atoms with E-state index in [0.717, 1.165) is 42.6 Å². The van der Waals surface area contributed by atoms with Gasteiger partial charge in [-0.1, -0.05) is 12.1 Å². The molecule has 1 aromatic heterocycles. The molecule has 0 saturated carbocycles. The molecule has 1 heterocycles. The van der Waals surface area contributed by atoms with Crippen LogP contribution in [0.2, 0.25) is 0 Å². The second-order valence-corrected chi connectivity index (χ2v) is 8.20. The van der Waals surface area contributed by atoms with E-state index in [4.69, 9.17) is 21.7 Å². The molecule has 2 aromatic rings. The van der Waals surface area contributed by atoms with Crippen molar-refractivity contribution in [2.45, 2.75) is 32.6 Å². The number of rotatable bonds is 6. The van der Waals surface area contributed by atoms with Crippen molar-refractivity contribution in [3.63, 3.8) is 0 Å². The zero-order chi connectivity index (χ0) is 21.5. The molecule has 30 heavy (non-hydrogen) atoms. The highest BCUT2D eigenvalue weighted by Crippen LogP contribution is 2.38. The monoisotopic (exact) mass is 444 g/mol. The van der Waals surface area contributed by atoms with Gasteiger partial charge >= 0.3 is 5.97 Å². The van der Waals surface area contributed by atoms with Crippen LogP contribution in [-0.4, -0.2) is 30.7 Å². The smallest absolute Gasteiger partial charge is 0.341 e. The minimum absolute atomic E-state index is 0.142. The number of amides is 1. The number of thiophene rings is 1. The van der Waals surface area contributed by atoms with E-state index in [-0.39, 0.29) is 17.0 Å². The van der Waals surface area contributed by atoms with E-state index in [1.54, 1.807) is 20.1 Å². The van der Waals surface area contributed by atoms with Crippen LogP contribution in [0.15, 0.2) is 30.3 Å². The molecule has 0 radical (unpaired) electrons. The summed E-state index contributed by atoms with van der Waals surface area (Å²) in [6.45, 7) is 2.09. The first-order valence-corrected chi connectivity index (χ1v) is 11.0. The predicted molar refractivity (Wildman–Crippen MR) is 123 cm³/mol. The lowest BCUT2D eigenvalue weighted by atomic mass is 9.95. The van der Waals surface area contributed by atoms with E-state index >= 15 is 0 Å². The van der Waals surface area contributed by atoms with Gasteiger partial charge in [0.25, 0.3) is 0 Å². The van der Waals surface area contributed by atoms with Crippen LogP contribution in [0, 0.1) is 0 Å². The average Bonchev–Trinajstić information content (AvgIpc) is 3.10. The molecular formula is C22H24N2O4S2. The van der Waals surface area contributed by atoms with E-state index in [9.17, 15) is 9.59 Å². The first-order chi connectivity index (χ1) is 14.5. The van der Waals surface area contributed by atoms with Gasteiger partial charge < -0.3 is 14.8 Å². The van der Waals surface area contributed by atoms with Crippen LogP contribution in [0.5, 0.6) is 5.75 Å². The van der Waals surface area contributed by atoms with Gasteiger partial charge in [0.05, 0.1) is 19.3 Å². The van der Waals surface area contributed by atoms with E-state index in [1.165, 1.54) is 22.3 Å². The van der Waals surface area contributed by atoms with Gasteiger partial charge in [-0.05, 0) is 74.2 Å². The van der Waals surface area contributed by atoms with Crippen molar-refractivity contribution in [3.05, 3.63) is 51.9 Å². The summed E-state index contributed by atoms with van der Waals surface area (Å²) in [6, 6.07) is 7.33. The van der Waals surface area contributed by atoms with Crippen molar-refractivity contribution in [2.24, 2.45) is 0 Å². The quantitative estimate of drug-likeness (QED) is 0.392. The van der Waals surface area contributed by atoms with Crippen LogP contribution >= 0.6 is 23.6 Å². The summed E-state index contributed by atoms with van der Waals surface area (Å²) in [5, 5.41) is 6.41. The number of carbonyl (C=O) groups is 2. The Kier molecular flexibility index (Phi) is 7.59. The van der Waals surface area contributed by atoms with Crippen molar-refractivity contribution >= 4 is 51.6 Å². The molecule has 1 aliphatic carbocycles. The number of benzene rings is 1. The van der Waals surface area contributed by atoms with Gasteiger partial charge in [0.2, 0.25) is 5.91 Å². The number of hydrogen-bond acceptors (Lipinski definition) is 6. The molecular weight excluding hydrogens is 420 g/mol. The molecule has 0 bridgehead atoms. The molecule has 1 aromatic carbocycles. The molecule has 158 valence electrons. The third kappa shape index (κ3) is 5.46.